The summed E-state index contributed by atoms with van der Waals surface area (Å²) in [7, 11) is 0. The van der Waals surface area contributed by atoms with Crippen LogP contribution in [0.4, 0.5) is 13.9 Å². The third-order valence-electron chi connectivity index (χ3n) is 4.41. The zero-order valence-electron chi connectivity index (χ0n) is 14.8. The molecule has 1 N–H and O–H groups in total. The average molecular weight is 413 g/mol. The summed E-state index contributed by atoms with van der Waals surface area (Å²) in [5.41, 5.74) is 1.43. The molecule has 1 aromatic heterocycles. The molecule has 2 heterocycles. The summed E-state index contributed by atoms with van der Waals surface area (Å²) in [5, 5.41) is 4.46. The molecule has 4 rings (SSSR count). The number of nitrogens with one attached hydrogen (secondary N) is 1. The van der Waals surface area contributed by atoms with E-state index in [1.54, 1.807) is 29.6 Å². The molecule has 0 fully saturated rings. The summed E-state index contributed by atoms with van der Waals surface area (Å²) in [6.45, 7) is -0.0560. The number of rotatable bonds is 5. The van der Waals surface area contributed by atoms with E-state index < -0.39 is 29.4 Å². The molecule has 0 atom stereocenters. The number of hydrogen-bond donors (Lipinski definition) is 1. The van der Waals surface area contributed by atoms with Gasteiger partial charge in [-0.1, -0.05) is 12.1 Å². The molecule has 3 amide bonds. The number of halogens is 2. The van der Waals surface area contributed by atoms with Crippen LogP contribution in [0.15, 0.2) is 47.8 Å². The van der Waals surface area contributed by atoms with Crippen LogP contribution >= 0.6 is 11.3 Å². The molecule has 0 aliphatic carbocycles. The number of nitrogens with zero attached hydrogens (tertiary/aromatic N) is 2. The number of carbonyl (C=O) groups excluding carboxylic acids is 3. The van der Waals surface area contributed by atoms with Gasteiger partial charge in [-0.25, -0.2) is 13.8 Å². The second kappa shape index (κ2) is 7.51. The highest BCUT2D eigenvalue weighted by molar-refractivity contribution is 7.14. The van der Waals surface area contributed by atoms with E-state index in [4.69, 9.17) is 0 Å². The maximum absolute atomic E-state index is 13.4. The van der Waals surface area contributed by atoms with E-state index in [1.807, 2.05) is 0 Å². The number of imide groups is 1. The van der Waals surface area contributed by atoms with Crippen molar-refractivity contribution in [3.05, 3.63) is 70.6 Å². The molecular weight excluding hydrogens is 400 g/mol. The average Bonchev–Trinajstić information content (AvgIpc) is 3.26. The van der Waals surface area contributed by atoms with Crippen molar-refractivity contribution in [1.82, 2.24) is 9.88 Å². The zero-order chi connectivity index (χ0) is 20.5. The van der Waals surface area contributed by atoms with E-state index in [9.17, 15) is 23.2 Å². The van der Waals surface area contributed by atoms with Gasteiger partial charge in [0.05, 0.1) is 16.8 Å². The molecule has 9 heteroatoms. The van der Waals surface area contributed by atoms with E-state index in [0.29, 0.717) is 22.4 Å². The molecule has 1 aliphatic heterocycles. The Morgan fingerprint density at radius 3 is 2.38 bits per heavy atom. The molecule has 0 radical (unpaired) electrons. The van der Waals surface area contributed by atoms with E-state index in [-0.39, 0.29) is 18.1 Å². The van der Waals surface area contributed by atoms with Gasteiger partial charge in [-0.2, -0.15) is 0 Å². The highest BCUT2D eigenvalue weighted by Crippen LogP contribution is 2.26. The molecule has 2 aromatic carbocycles. The molecule has 29 heavy (non-hydrogen) atoms. The van der Waals surface area contributed by atoms with Crippen molar-refractivity contribution in [3.63, 3.8) is 0 Å². The molecular formula is C20H13F2N3O3S. The standard InChI is InChI=1S/C20H13F2N3O3S/c21-14-6-5-11(9-15(14)22)16-10-29-20(23-16)24-17(26)7-8-25-18(27)12-3-1-2-4-13(12)19(25)28/h1-6,9-10H,7-8H2,(H,23,24,26). The molecule has 6 nitrogen and oxygen atoms in total. The summed E-state index contributed by atoms with van der Waals surface area (Å²) >= 11 is 1.13. The first-order valence-corrected chi connectivity index (χ1v) is 9.48. The van der Waals surface area contributed by atoms with Gasteiger partial charge < -0.3 is 5.32 Å². The van der Waals surface area contributed by atoms with Crippen LogP contribution in [0.3, 0.4) is 0 Å². The Morgan fingerprint density at radius 2 is 1.72 bits per heavy atom. The van der Waals surface area contributed by atoms with Crippen molar-refractivity contribution >= 4 is 34.2 Å². The first kappa shape index (κ1) is 18.9. The lowest BCUT2D eigenvalue weighted by Gasteiger charge is -2.12. The molecule has 1 aliphatic rings. The molecule has 0 spiro atoms. The van der Waals surface area contributed by atoms with Crippen LogP contribution < -0.4 is 5.32 Å². The molecule has 146 valence electrons. The topological polar surface area (TPSA) is 79.4 Å². The normalized spacial score (nSPS) is 13.0. The number of carbonyl (C=O) groups is 3. The van der Waals surface area contributed by atoms with Crippen LogP contribution in [-0.4, -0.2) is 34.2 Å². The minimum atomic E-state index is -0.984. The summed E-state index contributed by atoms with van der Waals surface area (Å²) in [5.74, 6) is -3.21. The van der Waals surface area contributed by atoms with Crippen molar-refractivity contribution < 1.29 is 23.2 Å². The largest absolute Gasteiger partial charge is 0.302 e. The number of amides is 3. The van der Waals surface area contributed by atoms with E-state index >= 15 is 0 Å². The Balaban J connectivity index is 1.37. The van der Waals surface area contributed by atoms with Gasteiger partial charge in [0.2, 0.25) is 5.91 Å². The Morgan fingerprint density at radius 1 is 1.03 bits per heavy atom. The zero-order valence-corrected chi connectivity index (χ0v) is 15.6. The fourth-order valence-corrected chi connectivity index (χ4v) is 3.69. The Labute approximate surface area is 167 Å². The summed E-state index contributed by atoms with van der Waals surface area (Å²) in [6, 6.07) is 9.92. The smallest absolute Gasteiger partial charge is 0.261 e. The fourth-order valence-electron chi connectivity index (χ4n) is 2.96. The predicted molar refractivity (Wildman–Crippen MR) is 103 cm³/mol. The molecule has 0 unspecified atom stereocenters. The maximum Gasteiger partial charge on any atom is 0.261 e. The number of aromatic nitrogens is 1. The highest BCUT2D eigenvalue weighted by Gasteiger charge is 2.34. The first-order chi connectivity index (χ1) is 13.9. The second-order valence-corrected chi connectivity index (χ2v) is 7.13. The SMILES string of the molecule is O=C(CCN1C(=O)c2ccccc2C1=O)Nc1nc(-c2ccc(F)c(F)c2)cs1. The van der Waals surface area contributed by atoms with Gasteiger partial charge in [0.25, 0.3) is 11.8 Å². The van der Waals surface area contributed by atoms with Gasteiger partial charge in [0.1, 0.15) is 0 Å². The molecule has 3 aromatic rings. The van der Waals surface area contributed by atoms with Crippen LogP contribution in [0, 0.1) is 11.6 Å². The summed E-state index contributed by atoms with van der Waals surface area (Å²) in [6.07, 6.45) is -0.0917. The van der Waals surface area contributed by atoms with Gasteiger partial charge in [-0.05, 0) is 30.3 Å². The second-order valence-electron chi connectivity index (χ2n) is 6.27. The molecule has 0 saturated heterocycles. The van der Waals surface area contributed by atoms with Crippen molar-refractivity contribution in [2.75, 3.05) is 11.9 Å². The van der Waals surface area contributed by atoms with Gasteiger partial charge in [0, 0.05) is 23.9 Å². The van der Waals surface area contributed by atoms with Crippen molar-refractivity contribution in [1.29, 1.82) is 0 Å². The van der Waals surface area contributed by atoms with Gasteiger partial charge >= 0.3 is 0 Å². The quantitative estimate of drug-likeness (QED) is 0.647. The van der Waals surface area contributed by atoms with Crippen molar-refractivity contribution in [2.24, 2.45) is 0 Å². The molecule has 0 bridgehead atoms. The van der Waals surface area contributed by atoms with Crippen LogP contribution in [0.2, 0.25) is 0 Å². The van der Waals surface area contributed by atoms with Crippen molar-refractivity contribution in [3.8, 4) is 11.3 Å². The van der Waals surface area contributed by atoms with E-state index in [2.05, 4.69) is 10.3 Å². The Bertz CT molecular complexity index is 1110. The van der Waals surface area contributed by atoms with E-state index in [0.717, 1.165) is 28.4 Å². The maximum atomic E-state index is 13.4. The number of benzene rings is 2. The lowest BCUT2D eigenvalue weighted by Crippen LogP contribution is -2.32. The van der Waals surface area contributed by atoms with E-state index in [1.165, 1.54) is 6.07 Å². The van der Waals surface area contributed by atoms with Gasteiger partial charge in [-0.15, -0.1) is 11.3 Å². The third kappa shape index (κ3) is 3.64. The fraction of sp³-hybridized carbons (Fsp3) is 0.100. The number of fused-ring (bicyclic) bond motifs is 1. The third-order valence-corrected chi connectivity index (χ3v) is 5.16. The van der Waals surface area contributed by atoms with Crippen LogP contribution in [0.1, 0.15) is 27.1 Å². The Hall–Kier alpha value is -3.46. The molecule has 0 saturated carbocycles. The monoisotopic (exact) mass is 413 g/mol. The Kier molecular flexibility index (Phi) is 4.89. The van der Waals surface area contributed by atoms with Crippen LogP contribution in [0.5, 0.6) is 0 Å². The highest BCUT2D eigenvalue weighted by atomic mass is 32.1. The lowest BCUT2D eigenvalue weighted by atomic mass is 10.1. The predicted octanol–water partition coefficient (Wildman–Crippen LogP) is 3.71. The van der Waals surface area contributed by atoms with Gasteiger partial charge in [-0.3, -0.25) is 19.3 Å². The number of hydrogen-bond acceptors (Lipinski definition) is 5. The minimum absolute atomic E-state index is 0.0560. The lowest BCUT2D eigenvalue weighted by molar-refractivity contribution is -0.116. The van der Waals surface area contributed by atoms with Crippen LogP contribution in [0.25, 0.3) is 11.3 Å². The van der Waals surface area contributed by atoms with Crippen LogP contribution in [-0.2, 0) is 4.79 Å². The first-order valence-electron chi connectivity index (χ1n) is 8.60. The minimum Gasteiger partial charge on any atom is -0.302 e. The summed E-state index contributed by atoms with van der Waals surface area (Å²) < 4.78 is 26.4. The van der Waals surface area contributed by atoms with Gasteiger partial charge in [0.15, 0.2) is 16.8 Å². The van der Waals surface area contributed by atoms with Crippen molar-refractivity contribution in [2.45, 2.75) is 6.42 Å². The number of anilines is 1. The summed E-state index contributed by atoms with van der Waals surface area (Å²) in [4.78, 5) is 42.0. The number of thiazole rings is 1.